The molecule has 2 atom stereocenters. The van der Waals surface area contributed by atoms with Gasteiger partial charge in [-0.3, -0.25) is 0 Å². The van der Waals surface area contributed by atoms with Gasteiger partial charge in [-0.2, -0.15) is 0 Å². The zero-order valence-corrected chi connectivity index (χ0v) is 10.6. The Hall–Kier alpha value is -1.22. The van der Waals surface area contributed by atoms with Crippen molar-refractivity contribution in [2.24, 2.45) is 5.92 Å². The van der Waals surface area contributed by atoms with E-state index in [1.165, 1.54) is 19.3 Å². The van der Waals surface area contributed by atoms with E-state index >= 15 is 0 Å². The molecule has 0 spiro atoms. The highest BCUT2D eigenvalue weighted by molar-refractivity contribution is 5.45. The predicted molar refractivity (Wildman–Crippen MR) is 68.3 cm³/mol. The second-order valence-electron chi connectivity index (χ2n) is 4.86. The minimum absolute atomic E-state index is 0.258. The quantitative estimate of drug-likeness (QED) is 0.843. The summed E-state index contributed by atoms with van der Waals surface area (Å²) in [5, 5.41) is 13.5. The van der Waals surface area contributed by atoms with Gasteiger partial charge < -0.3 is 15.2 Å². The van der Waals surface area contributed by atoms with Crippen molar-refractivity contribution in [3.8, 4) is 11.5 Å². The summed E-state index contributed by atoms with van der Waals surface area (Å²) in [7, 11) is 1.57. The molecule has 3 nitrogen and oxygen atoms in total. The Bertz CT molecular complexity index is 378. The fourth-order valence-corrected chi connectivity index (χ4v) is 2.56. The average molecular weight is 235 g/mol. The van der Waals surface area contributed by atoms with Crippen LogP contribution >= 0.6 is 0 Å². The molecule has 0 amide bonds. The fourth-order valence-electron chi connectivity index (χ4n) is 2.56. The highest BCUT2D eigenvalue weighted by Crippen LogP contribution is 2.30. The molecule has 0 saturated heterocycles. The van der Waals surface area contributed by atoms with Crippen molar-refractivity contribution < 1.29 is 9.84 Å². The molecular formula is C14H21NO2. The molecule has 94 valence electrons. The summed E-state index contributed by atoms with van der Waals surface area (Å²) in [6, 6.07) is 6.20. The van der Waals surface area contributed by atoms with Gasteiger partial charge in [0.2, 0.25) is 0 Å². The molecule has 17 heavy (non-hydrogen) atoms. The van der Waals surface area contributed by atoms with Crippen LogP contribution < -0.4 is 10.1 Å². The van der Waals surface area contributed by atoms with Crippen LogP contribution in [0.2, 0.25) is 0 Å². The van der Waals surface area contributed by atoms with Crippen LogP contribution in [0.3, 0.4) is 0 Å². The fraction of sp³-hybridized carbons (Fsp3) is 0.571. The lowest BCUT2D eigenvalue weighted by Crippen LogP contribution is -2.30. The third-order valence-corrected chi connectivity index (χ3v) is 3.72. The topological polar surface area (TPSA) is 41.5 Å². The molecule has 0 bridgehead atoms. The second kappa shape index (κ2) is 5.41. The van der Waals surface area contributed by atoms with Crippen LogP contribution in [0.25, 0.3) is 0 Å². The van der Waals surface area contributed by atoms with Gasteiger partial charge in [0.05, 0.1) is 7.11 Å². The first kappa shape index (κ1) is 12.2. The summed E-state index contributed by atoms with van der Waals surface area (Å²) in [5.74, 6) is 1.54. The molecule has 3 heteroatoms. The summed E-state index contributed by atoms with van der Waals surface area (Å²) in [4.78, 5) is 0. The molecule has 0 aromatic heterocycles. The average Bonchev–Trinajstić information content (AvgIpc) is 2.74. The minimum atomic E-state index is 0.258. The van der Waals surface area contributed by atoms with Crippen LogP contribution in [0, 0.1) is 5.92 Å². The Labute approximate surface area is 103 Å². The number of rotatable bonds is 4. The normalized spacial score (nSPS) is 23.9. The van der Waals surface area contributed by atoms with E-state index in [4.69, 9.17) is 4.74 Å². The number of para-hydroxylation sites is 1. The number of methoxy groups -OCH3 is 1. The van der Waals surface area contributed by atoms with E-state index < -0.39 is 0 Å². The van der Waals surface area contributed by atoms with Crippen LogP contribution in [0.5, 0.6) is 11.5 Å². The Morgan fingerprint density at radius 3 is 2.88 bits per heavy atom. The van der Waals surface area contributed by atoms with E-state index in [1.54, 1.807) is 13.2 Å². The third kappa shape index (κ3) is 2.72. The van der Waals surface area contributed by atoms with E-state index in [0.29, 0.717) is 18.3 Å². The maximum atomic E-state index is 9.96. The first-order valence-electron chi connectivity index (χ1n) is 6.30. The van der Waals surface area contributed by atoms with Crippen LogP contribution in [-0.2, 0) is 6.54 Å². The number of phenols is 1. The third-order valence-electron chi connectivity index (χ3n) is 3.72. The summed E-state index contributed by atoms with van der Waals surface area (Å²) < 4.78 is 5.10. The van der Waals surface area contributed by atoms with Gasteiger partial charge in [0.25, 0.3) is 0 Å². The van der Waals surface area contributed by atoms with Crippen molar-refractivity contribution >= 4 is 0 Å². The Morgan fingerprint density at radius 2 is 2.24 bits per heavy atom. The van der Waals surface area contributed by atoms with E-state index in [-0.39, 0.29) is 5.75 Å². The molecule has 1 aromatic carbocycles. The lowest BCUT2D eigenvalue weighted by Gasteiger charge is -2.18. The molecule has 0 radical (unpaired) electrons. The first-order chi connectivity index (χ1) is 8.22. The summed E-state index contributed by atoms with van der Waals surface area (Å²) in [6.45, 7) is 2.99. The van der Waals surface area contributed by atoms with Crippen molar-refractivity contribution in [3.05, 3.63) is 23.8 Å². The zero-order chi connectivity index (χ0) is 12.3. The van der Waals surface area contributed by atoms with Crippen molar-refractivity contribution in [1.82, 2.24) is 5.32 Å². The van der Waals surface area contributed by atoms with Gasteiger partial charge in [-0.05, 0) is 24.8 Å². The van der Waals surface area contributed by atoms with Crippen LogP contribution in [0.15, 0.2) is 18.2 Å². The molecule has 2 N–H and O–H groups in total. The van der Waals surface area contributed by atoms with Crippen LogP contribution in [-0.4, -0.2) is 18.3 Å². The molecule has 1 saturated carbocycles. The first-order valence-corrected chi connectivity index (χ1v) is 6.30. The van der Waals surface area contributed by atoms with Gasteiger partial charge in [0, 0.05) is 18.2 Å². The monoisotopic (exact) mass is 235 g/mol. The SMILES string of the molecule is COc1cccc(CNC2CCCC2C)c1O. The maximum absolute atomic E-state index is 9.96. The van der Waals surface area contributed by atoms with Crippen LogP contribution in [0.1, 0.15) is 31.7 Å². The van der Waals surface area contributed by atoms with E-state index in [0.717, 1.165) is 11.5 Å². The highest BCUT2D eigenvalue weighted by Gasteiger charge is 2.22. The van der Waals surface area contributed by atoms with Crippen LogP contribution in [0.4, 0.5) is 0 Å². The number of hydrogen-bond donors (Lipinski definition) is 2. The minimum Gasteiger partial charge on any atom is -0.504 e. The Morgan fingerprint density at radius 1 is 1.41 bits per heavy atom. The Kier molecular flexibility index (Phi) is 3.89. The summed E-state index contributed by atoms with van der Waals surface area (Å²) in [5.41, 5.74) is 0.906. The van der Waals surface area contributed by atoms with Crippen molar-refractivity contribution in [2.75, 3.05) is 7.11 Å². The summed E-state index contributed by atoms with van der Waals surface area (Å²) in [6.07, 6.45) is 3.86. The Balaban J connectivity index is 1.99. The van der Waals surface area contributed by atoms with Gasteiger partial charge in [-0.15, -0.1) is 0 Å². The zero-order valence-electron chi connectivity index (χ0n) is 10.6. The predicted octanol–water partition coefficient (Wildman–Crippen LogP) is 2.68. The standard InChI is InChI=1S/C14H21NO2/c1-10-5-3-7-12(10)15-9-11-6-4-8-13(17-2)14(11)16/h4,6,8,10,12,15-16H,3,5,7,9H2,1-2H3. The van der Waals surface area contributed by atoms with Gasteiger partial charge in [0.1, 0.15) is 0 Å². The number of phenolic OH excluding ortho intramolecular Hbond substituents is 1. The van der Waals surface area contributed by atoms with Gasteiger partial charge >= 0.3 is 0 Å². The molecule has 2 rings (SSSR count). The van der Waals surface area contributed by atoms with E-state index in [9.17, 15) is 5.11 Å². The second-order valence-corrected chi connectivity index (χ2v) is 4.86. The molecule has 0 aliphatic heterocycles. The van der Waals surface area contributed by atoms with Crippen molar-refractivity contribution in [3.63, 3.8) is 0 Å². The molecular weight excluding hydrogens is 214 g/mol. The van der Waals surface area contributed by atoms with Gasteiger partial charge in [-0.1, -0.05) is 25.5 Å². The van der Waals surface area contributed by atoms with E-state index in [2.05, 4.69) is 12.2 Å². The van der Waals surface area contributed by atoms with Gasteiger partial charge in [0.15, 0.2) is 11.5 Å². The van der Waals surface area contributed by atoms with Crippen molar-refractivity contribution in [1.29, 1.82) is 0 Å². The number of aromatic hydroxyl groups is 1. The molecule has 1 fully saturated rings. The number of nitrogens with one attached hydrogen (secondary N) is 1. The molecule has 2 unspecified atom stereocenters. The number of ether oxygens (including phenoxy) is 1. The molecule has 1 aliphatic carbocycles. The number of benzene rings is 1. The van der Waals surface area contributed by atoms with Crippen molar-refractivity contribution in [2.45, 2.75) is 38.8 Å². The van der Waals surface area contributed by atoms with E-state index in [1.807, 2.05) is 12.1 Å². The molecule has 1 aromatic rings. The molecule has 1 aliphatic rings. The lowest BCUT2D eigenvalue weighted by molar-refractivity contribution is 0.366. The highest BCUT2D eigenvalue weighted by atomic mass is 16.5. The van der Waals surface area contributed by atoms with Gasteiger partial charge in [-0.25, -0.2) is 0 Å². The largest absolute Gasteiger partial charge is 0.504 e. The smallest absolute Gasteiger partial charge is 0.162 e. The lowest BCUT2D eigenvalue weighted by atomic mass is 10.1. The molecule has 0 heterocycles. The maximum Gasteiger partial charge on any atom is 0.162 e. The summed E-state index contributed by atoms with van der Waals surface area (Å²) >= 11 is 0. The number of hydrogen-bond acceptors (Lipinski definition) is 3.